The van der Waals surface area contributed by atoms with E-state index >= 15 is 0 Å². The first kappa shape index (κ1) is 26.5. The molecule has 8 nitrogen and oxygen atoms in total. The van der Waals surface area contributed by atoms with Gasteiger partial charge in [0.2, 0.25) is 0 Å². The maximum absolute atomic E-state index is 11.9. The van der Waals surface area contributed by atoms with E-state index in [9.17, 15) is 19.5 Å². The highest BCUT2D eigenvalue weighted by Crippen LogP contribution is 2.19. The first-order valence-corrected chi connectivity index (χ1v) is 10.2. The molecule has 8 heteroatoms. The second-order valence-corrected chi connectivity index (χ2v) is 7.91. The van der Waals surface area contributed by atoms with Gasteiger partial charge in [-0.15, -0.1) is 0 Å². The monoisotopic (exact) mass is 445 g/mol. The minimum absolute atomic E-state index is 0.0812. The zero-order valence-electron chi connectivity index (χ0n) is 18.8. The summed E-state index contributed by atoms with van der Waals surface area (Å²) in [7, 11) is 0. The van der Waals surface area contributed by atoms with E-state index in [-0.39, 0.29) is 25.0 Å². The Morgan fingerprint density at radius 1 is 0.938 bits per heavy atom. The molecule has 0 aliphatic carbocycles. The van der Waals surface area contributed by atoms with E-state index in [2.05, 4.69) is 5.32 Å². The van der Waals surface area contributed by atoms with Crippen molar-refractivity contribution < 1.29 is 34.1 Å². The molecule has 0 heterocycles. The van der Waals surface area contributed by atoms with E-state index in [4.69, 9.17) is 14.6 Å². The highest BCUT2D eigenvalue weighted by Gasteiger charge is 2.21. The van der Waals surface area contributed by atoms with Crippen LogP contribution in [0.1, 0.15) is 45.2 Å². The van der Waals surface area contributed by atoms with Crippen molar-refractivity contribution in [3.63, 3.8) is 0 Å². The number of hydrogen-bond acceptors (Lipinski definition) is 5. The van der Waals surface area contributed by atoms with Gasteiger partial charge in [0.25, 0.3) is 0 Å². The quantitative estimate of drug-likeness (QED) is 0.555. The normalized spacial score (nSPS) is 11.4. The molecule has 0 unspecified atom stereocenters. The molecule has 32 heavy (non-hydrogen) atoms. The fourth-order valence-corrected chi connectivity index (χ4v) is 2.39. The third-order valence-corrected chi connectivity index (χ3v) is 3.89. The largest absolute Gasteiger partial charge is 0.488 e. The number of amides is 1. The summed E-state index contributed by atoms with van der Waals surface area (Å²) in [6, 6.07) is 15.2. The molecule has 0 saturated heterocycles. The van der Waals surface area contributed by atoms with Crippen molar-refractivity contribution in [2.45, 2.75) is 58.8 Å². The van der Waals surface area contributed by atoms with Gasteiger partial charge < -0.3 is 25.0 Å². The average molecular weight is 446 g/mol. The molecule has 2 rings (SSSR count). The van der Waals surface area contributed by atoms with Crippen molar-refractivity contribution in [3.8, 4) is 5.75 Å². The number of carbonyl (C=O) groups excluding carboxylic acids is 1. The molecule has 0 aliphatic heterocycles. The van der Waals surface area contributed by atoms with Crippen molar-refractivity contribution in [1.82, 2.24) is 5.32 Å². The zero-order valence-corrected chi connectivity index (χ0v) is 18.8. The summed E-state index contributed by atoms with van der Waals surface area (Å²) < 4.78 is 10.8. The number of benzene rings is 2. The molecule has 2 aromatic carbocycles. The van der Waals surface area contributed by atoms with Crippen LogP contribution in [0.3, 0.4) is 0 Å². The standard InChI is InChI=1S/C21H25NO5.C3H6O2/c1-21(2,3)27-17-11-9-15(10-12-17)13-18(19(23)24)22-20(25)26-14-16-7-5-4-6-8-16;1-2-3(4)5/h4-12,18H,13-14H2,1-3H3,(H,22,25)(H,23,24);2H2,1H3,(H,4,5)/t18-;/m0./s1. The van der Waals surface area contributed by atoms with Gasteiger partial charge in [-0.2, -0.15) is 0 Å². The first-order chi connectivity index (χ1) is 15.0. The molecule has 0 aliphatic rings. The Morgan fingerprint density at radius 3 is 1.97 bits per heavy atom. The van der Waals surface area contributed by atoms with Crippen LogP contribution in [-0.4, -0.2) is 39.9 Å². The molecule has 0 aromatic heterocycles. The van der Waals surface area contributed by atoms with Gasteiger partial charge in [0.05, 0.1) is 0 Å². The number of aliphatic carboxylic acids is 2. The first-order valence-electron chi connectivity index (χ1n) is 10.2. The Morgan fingerprint density at radius 2 is 1.50 bits per heavy atom. The molecule has 1 atom stereocenters. The van der Waals surface area contributed by atoms with E-state index in [1.165, 1.54) is 0 Å². The number of ether oxygens (including phenoxy) is 2. The number of carboxylic acids is 2. The summed E-state index contributed by atoms with van der Waals surface area (Å²) in [6.45, 7) is 7.53. The van der Waals surface area contributed by atoms with Gasteiger partial charge in [0, 0.05) is 12.8 Å². The van der Waals surface area contributed by atoms with Crippen LogP contribution in [0.25, 0.3) is 0 Å². The lowest BCUT2D eigenvalue weighted by molar-refractivity contribution is -0.139. The Balaban J connectivity index is 0.000000920. The zero-order chi connectivity index (χ0) is 24.1. The second-order valence-electron chi connectivity index (χ2n) is 7.91. The summed E-state index contributed by atoms with van der Waals surface area (Å²) in [4.78, 5) is 32.8. The van der Waals surface area contributed by atoms with Gasteiger partial charge in [-0.25, -0.2) is 9.59 Å². The molecule has 0 fully saturated rings. The molecule has 0 radical (unpaired) electrons. The minimum Gasteiger partial charge on any atom is -0.488 e. The van der Waals surface area contributed by atoms with Gasteiger partial charge in [0.1, 0.15) is 24.0 Å². The lowest BCUT2D eigenvalue weighted by Gasteiger charge is -2.21. The van der Waals surface area contributed by atoms with Gasteiger partial charge in [-0.3, -0.25) is 4.79 Å². The highest BCUT2D eigenvalue weighted by molar-refractivity contribution is 5.80. The summed E-state index contributed by atoms with van der Waals surface area (Å²) in [6.07, 6.45) is -0.398. The predicted octanol–water partition coefficient (Wildman–Crippen LogP) is 4.27. The Bertz CT molecular complexity index is 858. The third kappa shape index (κ3) is 11.6. The lowest BCUT2D eigenvalue weighted by Crippen LogP contribution is -2.42. The second kappa shape index (κ2) is 13.0. The van der Waals surface area contributed by atoms with Crippen molar-refractivity contribution in [2.24, 2.45) is 0 Å². The molecule has 1 amide bonds. The van der Waals surface area contributed by atoms with Crippen molar-refractivity contribution >= 4 is 18.0 Å². The minimum atomic E-state index is -1.12. The average Bonchev–Trinajstić information content (AvgIpc) is 2.73. The fourth-order valence-electron chi connectivity index (χ4n) is 2.39. The van der Waals surface area contributed by atoms with Crippen LogP contribution in [0.5, 0.6) is 5.75 Å². The van der Waals surface area contributed by atoms with E-state index in [1.54, 1.807) is 31.2 Å². The number of alkyl carbamates (subject to hydrolysis) is 1. The van der Waals surface area contributed by atoms with E-state index < -0.39 is 24.1 Å². The molecule has 0 bridgehead atoms. The number of carboxylic acid groups (broad SMARTS) is 2. The van der Waals surface area contributed by atoms with Crippen molar-refractivity contribution in [3.05, 3.63) is 65.7 Å². The summed E-state index contributed by atoms with van der Waals surface area (Å²) in [5.41, 5.74) is 1.29. The maximum Gasteiger partial charge on any atom is 0.408 e. The summed E-state index contributed by atoms with van der Waals surface area (Å²) >= 11 is 0. The van der Waals surface area contributed by atoms with Gasteiger partial charge in [-0.1, -0.05) is 49.4 Å². The van der Waals surface area contributed by atoms with E-state index in [0.29, 0.717) is 5.75 Å². The Labute approximate surface area is 188 Å². The van der Waals surface area contributed by atoms with Crippen molar-refractivity contribution in [1.29, 1.82) is 0 Å². The molecule has 174 valence electrons. The third-order valence-electron chi connectivity index (χ3n) is 3.89. The van der Waals surface area contributed by atoms with Crippen LogP contribution in [0, 0.1) is 0 Å². The van der Waals surface area contributed by atoms with Crippen LogP contribution in [0.2, 0.25) is 0 Å². The Kier molecular flexibility index (Phi) is 10.8. The van der Waals surface area contributed by atoms with E-state index in [0.717, 1.165) is 11.1 Å². The van der Waals surface area contributed by atoms with Crippen LogP contribution in [0.4, 0.5) is 4.79 Å². The Hall–Kier alpha value is -3.55. The highest BCUT2D eigenvalue weighted by atomic mass is 16.5. The summed E-state index contributed by atoms with van der Waals surface area (Å²) in [5, 5.41) is 19.5. The maximum atomic E-state index is 11.9. The van der Waals surface area contributed by atoms with Crippen LogP contribution in [-0.2, 0) is 27.4 Å². The van der Waals surface area contributed by atoms with E-state index in [1.807, 2.05) is 51.1 Å². The topological polar surface area (TPSA) is 122 Å². The molecule has 3 N–H and O–H groups in total. The predicted molar refractivity (Wildman–Crippen MR) is 120 cm³/mol. The summed E-state index contributed by atoms with van der Waals surface area (Å²) in [5.74, 6) is -1.17. The van der Waals surface area contributed by atoms with Crippen LogP contribution >= 0.6 is 0 Å². The smallest absolute Gasteiger partial charge is 0.408 e. The molecule has 2 aromatic rings. The van der Waals surface area contributed by atoms with Crippen molar-refractivity contribution in [2.75, 3.05) is 0 Å². The van der Waals surface area contributed by atoms with Crippen LogP contribution in [0.15, 0.2) is 54.6 Å². The van der Waals surface area contributed by atoms with Crippen LogP contribution < -0.4 is 10.1 Å². The number of carbonyl (C=O) groups is 3. The number of nitrogens with one attached hydrogen (secondary N) is 1. The van der Waals surface area contributed by atoms with Gasteiger partial charge in [-0.05, 0) is 44.0 Å². The lowest BCUT2D eigenvalue weighted by atomic mass is 10.1. The number of hydrogen-bond donors (Lipinski definition) is 3. The molecular weight excluding hydrogens is 414 g/mol. The fraction of sp³-hybridized carbons (Fsp3) is 0.375. The number of rotatable bonds is 8. The molecule has 0 saturated carbocycles. The molecule has 0 spiro atoms. The van der Waals surface area contributed by atoms with Gasteiger partial charge in [0.15, 0.2) is 0 Å². The molecular formula is C24H31NO7. The SMILES string of the molecule is CC(C)(C)Oc1ccc(C[C@H](NC(=O)OCc2ccccc2)C(=O)O)cc1.CCC(=O)O. The van der Waals surface area contributed by atoms with Gasteiger partial charge >= 0.3 is 18.0 Å².